The van der Waals surface area contributed by atoms with E-state index >= 15 is 0 Å². The minimum Gasteiger partial charge on any atom is -0.391 e. The zero-order chi connectivity index (χ0) is 33.6. The van der Waals surface area contributed by atoms with E-state index in [0.29, 0.717) is 31.4 Å². The Morgan fingerprint density at radius 2 is 1.43 bits per heavy atom. The zero-order valence-electron chi connectivity index (χ0n) is 27.6. The molecule has 46 heavy (non-hydrogen) atoms. The highest BCUT2D eigenvalue weighted by Gasteiger charge is 2.29. The van der Waals surface area contributed by atoms with Crippen LogP contribution in [0.2, 0.25) is 0 Å². The Labute approximate surface area is 273 Å². The molecule has 3 rings (SSSR count). The van der Waals surface area contributed by atoms with E-state index in [1.165, 1.54) is 0 Å². The van der Waals surface area contributed by atoms with Crippen molar-refractivity contribution in [1.29, 1.82) is 0 Å². The molecule has 0 saturated carbocycles. The number of carbonyl (C=O) groups excluding carboxylic acids is 3. The lowest BCUT2D eigenvalue weighted by Gasteiger charge is -2.29. The molecule has 0 bridgehead atoms. The summed E-state index contributed by atoms with van der Waals surface area (Å²) in [5.74, 6) is -0.752. The Bertz CT molecular complexity index is 1380. The van der Waals surface area contributed by atoms with Crippen molar-refractivity contribution in [3.05, 3.63) is 107 Å². The van der Waals surface area contributed by atoms with Crippen LogP contribution in [0.1, 0.15) is 78.4 Å². The molecule has 0 saturated heterocycles. The van der Waals surface area contributed by atoms with Crippen LogP contribution >= 0.6 is 0 Å². The first-order valence-corrected chi connectivity index (χ1v) is 16.2. The van der Waals surface area contributed by atoms with E-state index in [9.17, 15) is 24.6 Å². The van der Waals surface area contributed by atoms with Gasteiger partial charge in [-0.3, -0.25) is 14.4 Å². The molecule has 5 atom stereocenters. The van der Waals surface area contributed by atoms with Crippen molar-refractivity contribution in [2.45, 2.75) is 77.3 Å². The Morgan fingerprint density at radius 1 is 0.804 bits per heavy atom. The van der Waals surface area contributed by atoms with Gasteiger partial charge in [-0.05, 0) is 55.0 Å². The molecular formula is C37H50N4O5. The second-order valence-electron chi connectivity index (χ2n) is 12.3. The van der Waals surface area contributed by atoms with Crippen LogP contribution in [-0.2, 0) is 11.2 Å². The minimum absolute atomic E-state index is 0.0426. The van der Waals surface area contributed by atoms with E-state index in [-0.39, 0.29) is 35.9 Å². The van der Waals surface area contributed by atoms with Gasteiger partial charge in [-0.1, -0.05) is 93.9 Å². The summed E-state index contributed by atoms with van der Waals surface area (Å²) in [5, 5.41) is 31.0. The van der Waals surface area contributed by atoms with Crippen LogP contribution < -0.4 is 16.0 Å². The second-order valence-corrected chi connectivity index (χ2v) is 12.3. The van der Waals surface area contributed by atoms with E-state index < -0.39 is 30.2 Å². The first-order chi connectivity index (χ1) is 22.0. The molecule has 0 radical (unpaired) electrons. The highest BCUT2D eigenvalue weighted by Crippen LogP contribution is 2.21. The lowest BCUT2D eigenvalue weighted by atomic mass is 9.99. The zero-order valence-corrected chi connectivity index (χ0v) is 27.6. The molecule has 9 heteroatoms. The number of carbonyl (C=O) groups is 3. The van der Waals surface area contributed by atoms with Crippen LogP contribution in [0, 0.1) is 5.92 Å². The molecule has 3 amide bonds. The first-order valence-electron chi connectivity index (χ1n) is 16.2. The second kappa shape index (κ2) is 18.2. The molecular weight excluding hydrogens is 580 g/mol. The lowest BCUT2D eigenvalue weighted by molar-refractivity contribution is -0.126. The van der Waals surface area contributed by atoms with Gasteiger partial charge >= 0.3 is 0 Å². The Balaban J connectivity index is 1.77. The van der Waals surface area contributed by atoms with Crippen LogP contribution in [0.25, 0.3) is 0 Å². The Kier molecular flexibility index (Phi) is 14.4. The van der Waals surface area contributed by atoms with Crippen LogP contribution in [0.3, 0.4) is 0 Å². The highest BCUT2D eigenvalue weighted by molar-refractivity contribution is 5.99. The number of amides is 3. The molecule has 3 aromatic carbocycles. The first kappa shape index (κ1) is 36.4. The molecule has 0 aliphatic rings. The molecule has 0 aliphatic heterocycles. The molecule has 0 aromatic heterocycles. The molecule has 0 fully saturated rings. The number of nitrogens with one attached hydrogen (secondary N) is 3. The van der Waals surface area contributed by atoms with Gasteiger partial charge in [0.1, 0.15) is 6.04 Å². The molecule has 0 spiro atoms. The van der Waals surface area contributed by atoms with Gasteiger partial charge in [-0.15, -0.1) is 0 Å². The van der Waals surface area contributed by atoms with Crippen molar-refractivity contribution in [3.8, 4) is 0 Å². The maximum Gasteiger partial charge on any atom is 0.254 e. The van der Waals surface area contributed by atoms with Crippen molar-refractivity contribution < 1.29 is 24.6 Å². The average molecular weight is 631 g/mol. The van der Waals surface area contributed by atoms with E-state index in [1.54, 1.807) is 36.2 Å². The van der Waals surface area contributed by atoms with E-state index in [1.807, 2.05) is 88.4 Å². The number of aliphatic hydroxyl groups is 2. The summed E-state index contributed by atoms with van der Waals surface area (Å²) in [6.45, 7) is 8.28. The molecule has 5 N–H and O–H groups in total. The maximum absolute atomic E-state index is 13.6. The fourth-order valence-electron chi connectivity index (χ4n) is 5.20. The van der Waals surface area contributed by atoms with Crippen molar-refractivity contribution in [1.82, 2.24) is 20.9 Å². The Morgan fingerprint density at radius 3 is 2.07 bits per heavy atom. The van der Waals surface area contributed by atoms with Gasteiger partial charge in [0.25, 0.3) is 11.8 Å². The molecule has 9 nitrogen and oxygen atoms in total. The molecule has 0 aliphatic carbocycles. The summed E-state index contributed by atoms with van der Waals surface area (Å²) < 4.78 is 0. The van der Waals surface area contributed by atoms with Crippen molar-refractivity contribution in [3.63, 3.8) is 0 Å². The Hall–Kier alpha value is -4.05. The van der Waals surface area contributed by atoms with Gasteiger partial charge in [-0.2, -0.15) is 0 Å². The fraction of sp³-hybridized carbons (Fsp3) is 0.432. The van der Waals surface area contributed by atoms with E-state index in [0.717, 1.165) is 11.1 Å². The summed E-state index contributed by atoms with van der Waals surface area (Å²) >= 11 is 0. The largest absolute Gasteiger partial charge is 0.391 e. The monoisotopic (exact) mass is 630 g/mol. The number of hydrogen-bond donors (Lipinski definition) is 5. The maximum atomic E-state index is 13.6. The standard InChI is InChI=1S/C37H50N4O5/c1-6-14-32(42)34(36(45)39-23-25(2)3)38-24-33(43)31(21-27-15-9-7-10-16-27)40-35(44)29-19-13-20-30(22-29)37(46)41(5)26(4)28-17-11-8-12-18-28/h7-13,15-20,22,25-26,31-34,38,42-43H,6,14,21,23-24H2,1-5H3,(H,39,45)(H,40,44)/t26-,31+,32+,33-,34+/m1/s1. The number of hydrogen-bond acceptors (Lipinski definition) is 6. The number of rotatable bonds is 17. The van der Waals surface area contributed by atoms with Crippen LogP contribution in [0.4, 0.5) is 0 Å². The minimum atomic E-state index is -1.10. The smallest absolute Gasteiger partial charge is 0.254 e. The summed E-state index contributed by atoms with van der Waals surface area (Å²) in [5.41, 5.74) is 2.57. The number of aliphatic hydroxyl groups excluding tert-OH is 2. The van der Waals surface area contributed by atoms with Gasteiger partial charge in [0.2, 0.25) is 5.91 Å². The van der Waals surface area contributed by atoms with Gasteiger partial charge in [0, 0.05) is 31.3 Å². The molecule has 248 valence electrons. The summed E-state index contributed by atoms with van der Waals surface area (Å²) in [7, 11) is 1.74. The third kappa shape index (κ3) is 10.8. The quantitative estimate of drug-likeness (QED) is 0.153. The van der Waals surface area contributed by atoms with E-state index in [4.69, 9.17) is 0 Å². The summed E-state index contributed by atoms with van der Waals surface area (Å²) in [4.78, 5) is 41.5. The normalized spacial score (nSPS) is 14.5. The predicted octanol–water partition coefficient (Wildman–Crippen LogP) is 4.11. The van der Waals surface area contributed by atoms with Crippen LogP contribution in [0.5, 0.6) is 0 Å². The third-order valence-corrected chi connectivity index (χ3v) is 8.12. The SMILES string of the molecule is CCC[C@H](O)[C@H](NC[C@@H](O)[C@H](Cc1ccccc1)NC(=O)c1cccc(C(=O)N(C)[C@H](C)c2ccccc2)c1)C(=O)NCC(C)C. The summed E-state index contributed by atoms with van der Waals surface area (Å²) in [6.07, 6.45) is -0.598. The number of nitrogens with zero attached hydrogens (tertiary/aromatic N) is 1. The van der Waals surface area contributed by atoms with Crippen molar-refractivity contribution in [2.75, 3.05) is 20.1 Å². The predicted molar refractivity (Wildman–Crippen MR) is 181 cm³/mol. The number of benzene rings is 3. The topological polar surface area (TPSA) is 131 Å². The fourth-order valence-corrected chi connectivity index (χ4v) is 5.20. The molecule has 0 unspecified atom stereocenters. The van der Waals surface area contributed by atoms with E-state index in [2.05, 4.69) is 16.0 Å². The van der Waals surface area contributed by atoms with Gasteiger partial charge in [-0.25, -0.2) is 0 Å². The van der Waals surface area contributed by atoms with Crippen LogP contribution in [-0.4, -0.2) is 77.3 Å². The average Bonchev–Trinajstić information content (AvgIpc) is 3.07. The molecule has 3 aromatic rings. The van der Waals surface area contributed by atoms with Gasteiger partial charge < -0.3 is 31.1 Å². The van der Waals surface area contributed by atoms with Gasteiger partial charge in [0.05, 0.1) is 24.3 Å². The van der Waals surface area contributed by atoms with Crippen LogP contribution in [0.15, 0.2) is 84.9 Å². The van der Waals surface area contributed by atoms with Crippen molar-refractivity contribution in [2.24, 2.45) is 5.92 Å². The third-order valence-electron chi connectivity index (χ3n) is 8.12. The highest BCUT2D eigenvalue weighted by atomic mass is 16.3. The lowest BCUT2D eigenvalue weighted by Crippen LogP contribution is -2.56. The summed E-state index contributed by atoms with van der Waals surface area (Å²) in [6, 6.07) is 23.9. The van der Waals surface area contributed by atoms with Gasteiger partial charge in [0.15, 0.2) is 0 Å². The molecule has 0 heterocycles. The van der Waals surface area contributed by atoms with Crippen molar-refractivity contribution >= 4 is 17.7 Å².